The second-order valence-electron chi connectivity index (χ2n) is 3.58. The van der Waals surface area contributed by atoms with Gasteiger partial charge in [-0.2, -0.15) is 0 Å². The van der Waals surface area contributed by atoms with E-state index in [1.54, 1.807) is 30.7 Å². The van der Waals surface area contributed by atoms with Gasteiger partial charge in [-0.25, -0.2) is 4.98 Å². The fraction of sp³-hybridized carbons (Fsp3) is 0.0833. The van der Waals surface area contributed by atoms with Crippen molar-refractivity contribution in [1.29, 1.82) is 0 Å². The summed E-state index contributed by atoms with van der Waals surface area (Å²) >= 11 is 3.11. The van der Waals surface area contributed by atoms with Gasteiger partial charge in [0.15, 0.2) is 5.78 Å². The van der Waals surface area contributed by atoms with E-state index < -0.39 is 0 Å². The molecule has 0 amide bonds. The van der Waals surface area contributed by atoms with Gasteiger partial charge in [-0.05, 0) is 25.1 Å². The van der Waals surface area contributed by atoms with Gasteiger partial charge >= 0.3 is 0 Å². The number of thiophene rings is 1. The minimum atomic E-state index is 0.101. The lowest BCUT2D eigenvalue weighted by atomic mass is 10.3. The number of nitrogens with zero attached hydrogens (tertiary/aromatic N) is 2. The fourth-order valence-corrected chi connectivity index (χ4v) is 3.42. The van der Waals surface area contributed by atoms with Crippen LogP contribution in [0.3, 0.4) is 0 Å². The molecular formula is C12H8N2OS2. The summed E-state index contributed by atoms with van der Waals surface area (Å²) in [6.07, 6.45) is 3.52. The monoisotopic (exact) mass is 260 g/mol. The topological polar surface area (TPSA) is 42.9 Å². The summed E-state index contributed by atoms with van der Waals surface area (Å²) in [7, 11) is 0. The summed E-state index contributed by atoms with van der Waals surface area (Å²) in [5.74, 6) is 0.101. The zero-order chi connectivity index (χ0) is 11.8. The third-order valence-electron chi connectivity index (χ3n) is 2.35. The highest BCUT2D eigenvalue weighted by Gasteiger charge is 2.10. The van der Waals surface area contributed by atoms with Gasteiger partial charge in [0.25, 0.3) is 0 Å². The van der Waals surface area contributed by atoms with Gasteiger partial charge in [-0.3, -0.25) is 9.78 Å². The van der Waals surface area contributed by atoms with E-state index in [9.17, 15) is 4.79 Å². The lowest BCUT2D eigenvalue weighted by Gasteiger charge is -1.86. The van der Waals surface area contributed by atoms with E-state index in [2.05, 4.69) is 9.97 Å². The highest BCUT2D eigenvalue weighted by Crippen LogP contribution is 2.34. The Kier molecular flexibility index (Phi) is 2.49. The van der Waals surface area contributed by atoms with Crippen LogP contribution in [0.25, 0.3) is 20.1 Å². The summed E-state index contributed by atoms with van der Waals surface area (Å²) in [6.45, 7) is 1.58. The van der Waals surface area contributed by atoms with Crippen LogP contribution in [0.5, 0.6) is 0 Å². The normalized spacial score (nSPS) is 10.9. The van der Waals surface area contributed by atoms with Crippen molar-refractivity contribution in [2.24, 2.45) is 0 Å². The largest absolute Gasteiger partial charge is 0.294 e. The Morgan fingerprint density at radius 1 is 1.24 bits per heavy atom. The number of ketones is 1. The van der Waals surface area contributed by atoms with E-state index in [0.29, 0.717) is 0 Å². The van der Waals surface area contributed by atoms with Crippen LogP contribution in [0.15, 0.2) is 30.6 Å². The maximum atomic E-state index is 11.2. The molecule has 0 fully saturated rings. The van der Waals surface area contributed by atoms with E-state index in [1.807, 2.05) is 18.2 Å². The molecule has 0 aliphatic heterocycles. The zero-order valence-electron chi connectivity index (χ0n) is 9.01. The lowest BCUT2D eigenvalue weighted by molar-refractivity contribution is 0.102. The van der Waals surface area contributed by atoms with Crippen molar-refractivity contribution in [2.75, 3.05) is 0 Å². The third-order valence-corrected chi connectivity index (χ3v) is 4.75. The van der Waals surface area contributed by atoms with Crippen molar-refractivity contribution >= 4 is 38.7 Å². The summed E-state index contributed by atoms with van der Waals surface area (Å²) in [4.78, 5) is 21.6. The molecule has 84 valence electrons. The molecule has 0 saturated heterocycles. The van der Waals surface area contributed by atoms with Crippen molar-refractivity contribution in [1.82, 2.24) is 9.97 Å². The minimum Gasteiger partial charge on any atom is -0.294 e. The Hall–Kier alpha value is -1.59. The second kappa shape index (κ2) is 4.01. The standard InChI is InChI=1S/C12H8N2OS2/c1-7(15)9-2-3-11(16-9)12-14-8-6-13-5-4-10(8)17-12/h2-6H,1H3. The van der Waals surface area contributed by atoms with Gasteiger partial charge in [0.2, 0.25) is 0 Å². The molecule has 0 aromatic carbocycles. The molecule has 0 saturated carbocycles. The number of pyridine rings is 1. The summed E-state index contributed by atoms with van der Waals surface area (Å²) < 4.78 is 1.12. The molecule has 3 rings (SSSR count). The van der Waals surface area contributed by atoms with E-state index >= 15 is 0 Å². The van der Waals surface area contributed by atoms with Crippen LogP contribution >= 0.6 is 22.7 Å². The molecule has 0 radical (unpaired) electrons. The number of rotatable bonds is 2. The number of fused-ring (bicyclic) bond motifs is 1. The Bertz CT molecular complexity index is 666. The zero-order valence-corrected chi connectivity index (χ0v) is 10.6. The van der Waals surface area contributed by atoms with E-state index in [4.69, 9.17) is 0 Å². The molecule has 3 nitrogen and oxygen atoms in total. The third kappa shape index (κ3) is 1.87. The quantitative estimate of drug-likeness (QED) is 0.661. The van der Waals surface area contributed by atoms with Crippen LogP contribution in [0.2, 0.25) is 0 Å². The minimum absolute atomic E-state index is 0.101. The van der Waals surface area contributed by atoms with Crippen molar-refractivity contribution in [3.05, 3.63) is 35.5 Å². The van der Waals surface area contributed by atoms with Crippen LogP contribution in [0.4, 0.5) is 0 Å². The number of hydrogen-bond donors (Lipinski definition) is 0. The molecule has 3 aromatic heterocycles. The Morgan fingerprint density at radius 2 is 2.12 bits per heavy atom. The molecule has 0 unspecified atom stereocenters. The molecule has 3 aromatic rings. The maximum Gasteiger partial charge on any atom is 0.169 e. The van der Waals surface area contributed by atoms with Crippen LogP contribution < -0.4 is 0 Å². The molecule has 5 heteroatoms. The van der Waals surface area contributed by atoms with Crippen LogP contribution in [0.1, 0.15) is 16.6 Å². The first-order valence-electron chi connectivity index (χ1n) is 5.06. The second-order valence-corrected chi connectivity index (χ2v) is 5.70. The van der Waals surface area contributed by atoms with E-state index in [1.165, 1.54) is 11.3 Å². The van der Waals surface area contributed by atoms with Gasteiger partial charge in [-0.1, -0.05) is 0 Å². The summed E-state index contributed by atoms with van der Waals surface area (Å²) in [5, 5.41) is 0.950. The summed E-state index contributed by atoms with van der Waals surface area (Å²) in [5.41, 5.74) is 0.908. The molecule has 0 aliphatic rings. The van der Waals surface area contributed by atoms with Crippen molar-refractivity contribution < 1.29 is 4.79 Å². The van der Waals surface area contributed by atoms with Crippen molar-refractivity contribution in [3.63, 3.8) is 0 Å². The number of thiazole rings is 1. The molecule has 17 heavy (non-hydrogen) atoms. The van der Waals surface area contributed by atoms with Gasteiger partial charge in [0.05, 0.1) is 20.7 Å². The van der Waals surface area contributed by atoms with Crippen molar-refractivity contribution in [2.45, 2.75) is 6.92 Å². The van der Waals surface area contributed by atoms with Crippen LogP contribution in [-0.4, -0.2) is 15.8 Å². The molecule has 0 aliphatic carbocycles. The first-order valence-corrected chi connectivity index (χ1v) is 6.69. The molecule has 0 N–H and O–H groups in total. The average Bonchev–Trinajstić information content (AvgIpc) is 2.95. The Balaban J connectivity index is 2.10. The number of hydrogen-bond acceptors (Lipinski definition) is 5. The van der Waals surface area contributed by atoms with E-state index in [-0.39, 0.29) is 5.78 Å². The van der Waals surface area contributed by atoms with Gasteiger partial charge in [0, 0.05) is 6.20 Å². The SMILES string of the molecule is CC(=O)c1ccc(-c2nc3cnccc3s2)s1. The van der Waals surface area contributed by atoms with Crippen LogP contribution in [-0.2, 0) is 0 Å². The smallest absolute Gasteiger partial charge is 0.169 e. The number of Topliss-reactive ketones (excluding diaryl/α,β-unsaturated/α-hetero) is 1. The molecule has 0 spiro atoms. The highest BCUT2D eigenvalue weighted by molar-refractivity contribution is 7.26. The summed E-state index contributed by atoms with van der Waals surface area (Å²) in [6, 6.07) is 5.76. The first kappa shape index (κ1) is 10.6. The van der Waals surface area contributed by atoms with Crippen LogP contribution in [0, 0.1) is 0 Å². The Labute approximate surface area is 106 Å². The molecule has 0 atom stereocenters. The van der Waals surface area contributed by atoms with Gasteiger partial charge < -0.3 is 0 Å². The number of carbonyl (C=O) groups is 1. The lowest BCUT2D eigenvalue weighted by Crippen LogP contribution is -1.83. The molecular weight excluding hydrogens is 252 g/mol. The first-order chi connectivity index (χ1) is 8.24. The maximum absolute atomic E-state index is 11.2. The van der Waals surface area contributed by atoms with Gasteiger partial charge in [0.1, 0.15) is 10.5 Å². The average molecular weight is 260 g/mol. The number of aromatic nitrogens is 2. The van der Waals surface area contributed by atoms with Crippen molar-refractivity contribution in [3.8, 4) is 9.88 Å². The van der Waals surface area contributed by atoms with E-state index in [0.717, 1.165) is 25.0 Å². The molecule has 0 bridgehead atoms. The Morgan fingerprint density at radius 3 is 2.82 bits per heavy atom. The predicted octanol–water partition coefficient (Wildman–Crippen LogP) is 3.62. The fourth-order valence-electron chi connectivity index (χ4n) is 1.53. The highest BCUT2D eigenvalue weighted by atomic mass is 32.1. The van der Waals surface area contributed by atoms with Gasteiger partial charge in [-0.15, -0.1) is 22.7 Å². The molecule has 3 heterocycles. The predicted molar refractivity (Wildman–Crippen MR) is 70.7 cm³/mol. The number of carbonyl (C=O) groups excluding carboxylic acids is 1.